The molecule has 1 heterocycles. The summed E-state index contributed by atoms with van der Waals surface area (Å²) in [4.78, 5) is 0. The molecule has 2 aromatic carbocycles. The van der Waals surface area contributed by atoms with Crippen molar-refractivity contribution in [2.45, 2.75) is 13.5 Å². The van der Waals surface area contributed by atoms with Crippen molar-refractivity contribution in [2.75, 3.05) is 5.73 Å². The third-order valence-corrected chi connectivity index (χ3v) is 3.64. The molecule has 0 saturated carbocycles. The Balaban J connectivity index is 1.65. The molecule has 2 N–H and O–H groups in total. The minimum Gasteiger partial charge on any atom is -0.487 e. The fraction of sp³-hybridized carbons (Fsp3) is 0.111. The van der Waals surface area contributed by atoms with Crippen LogP contribution in [-0.2, 0) is 6.61 Å². The summed E-state index contributed by atoms with van der Waals surface area (Å²) in [6, 6.07) is 13.8. The molecule has 0 fully saturated rings. The molecule has 0 aliphatic heterocycles. The SMILES string of the molecule is Cc1ccc(COc2ccc(/C=C/c3nnc(N)o3)cc2Cl)cc1. The van der Waals surface area contributed by atoms with Gasteiger partial charge < -0.3 is 14.9 Å². The van der Waals surface area contributed by atoms with Crippen molar-refractivity contribution in [3.8, 4) is 5.75 Å². The molecule has 5 nitrogen and oxygen atoms in total. The number of halogens is 1. The van der Waals surface area contributed by atoms with Crippen LogP contribution in [0.25, 0.3) is 12.2 Å². The Kier molecular flexibility index (Phi) is 4.82. The number of nitrogen functional groups attached to an aromatic ring is 1. The van der Waals surface area contributed by atoms with Gasteiger partial charge in [-0.2, -0.15) is 0 Å². The average Bonchev–Trinajstić information content (AvgIpc) is 2.99. The molecule has 3 aromatic rings. The molecule has 0 aliphatic rings. The molecule has 0 spiro atoms. The lowest BCUT2D eigenvalue weighted by Gasteiger charge is -2.09. The topological polar surface area (TPSA) is 74.2 Å². The molecule has 0 saturated heterocycles. The van der Waals surface area contributed by atoms with Crippen LogP contribution in [0, 0.1) is 6.92 Å². The molecule has 1 aromatic heterocycles. The maximum atomic E-state index is 6.28. The molecule has 0 unspecified atom stereocenters. The number of nitrogens with two attached hydrogens (primary N) is 1. The predicted molar refractivity (Wildman–Crippen MR) is 94.6 cm³/mol. The molecule has 0 amide bonds. The van der Waals surface area contributed by atoms with Crippen LogP contribution >= 0.6 is 11.6 Å². The van der Waals surface area contributed by atoms with Crippen LogP contribution in [0.15, 0.2) is 46.9 Å². The van der Waals surface area contributed by atoms with E-state index in [9.17, 15) is 0 Å². The van der Waals surface area contributed by atoms with Gasteiger partial charge in [-0.1, -0.05) is 52.6 Å². The molecule has 3 rings (SSSR count). The Labute approximate surface area is 144 Å². The Hall–Kier alpha value is -2.79. The largest absolute Gasteiger partial charge is 0.487 e. The number of rotatable bonds is 5. The van der Waals surface area contributed by atoms with E-state index in [0.29, 0.717) is 23.3 Å². The van der Waals surface area contributed by atoms with Crippen molar-refractivity contribution < 1.29 is 9.15 Å². The average molecular weight is 342 g/mol. The van der Waals surface area contributed by atoms with E-state index in [1.165, 1.54) is 5.56 Å². The minimum absolute atomic E-state index is 0.0348. The van der Waals surface area contributed by atoms with Gasteiger partial charge in [-0.05, 0) is 36.3 Å². The Morgan fingerprint density at radius 3 is 2.58 bits per heavy atom. The van der Waals surface area contributed by atoms with Gasteiger partial charge in [0, 0.05) is 6.08 Å². The number of ether oxygens (including phenoxy) is 1. The highest BCUT2D eigenvalue weighted by molar-refractivity contribution is 6.32. The van der Waals surface area contributed by atoms with Crippen LogP contribution in [0.3, 0.4) is 0 Å². The minimum atomic E-state index is 0.0348. The lowest BCUT2D eigenvalue weighted by Crippen LogP contribution is -1.96. The van der Waals surface area contributed by atoms with Crippen molar-refractivity contribution in [1.82, 2.24) is 10.2 Å². The van der Waals surface area contributed by atoms with Gasteiger partial charge in [0.1, 0.15) is 12.4 Å². The van der Waals surface area contributed by atoms with E-state index in [0.717, 1.165) is 11.1 Å². The van der Waals surface area contributed by atoms with Gasteiger partial charge in [0.15, 0.2) is 0 Å². The molecule has 0 aliphatic carbocycles. The maximum Gasteiger partial charge on any atom is 0.313 e. The van der Waals surface area contributed by atoms with Gasteiger partial charge in [0.25, 0.3) is 0 Å². The quantitative estimate of drug-likeness (QED) is 0.746. The van der Waals surface area contributed by atoms with Gasteiger partial charge >= 0.3 is 6.01 Å². The van der Waals surface area contributed by atoms with E-state index < -0.39 is 0 Å². The maximum absolute atomic E-state index is 6.28. The van der Waals surface area contributed by atoms with Gasteiger partial charge in [0.2, 0.25) is 5.89 Å². The summed E-state index contributed by atoms with van der Waals surface area (Å²) in [5, 5.41) is 7.87. The number of benzene rings is 2. The zero-order valence-electron chi connectivity index (χ0n) is 13.1. The van der Waals surface area contributed by atoms with E-state index >= 15 is 0 Å². The lowest BCUT2D eigenvalue weighted by molar-refractivity contribution is 0.306. The molecule has 0 radical (unpaired) electrons. The van der Waals surface area contributed by atoms with Crippen LogP contribution < -0.4 is 10.5 Å². The number of hydrogen-bond acceptors (Lipinski definition) is 5. The molecular weight excluding hydrogens is 326 g/mol. The van der Waals surface area contributed by atoms with Gasteiger partial charge in [0.05, 0.1) is 5.02 Å². The zero-order valence-corrected chi connectivity index (χ0v) is 13.8. The van der Waals surface area contributed by atoms with Crippen LogP contribution in [0.5, 0.6) is 5.75 Å². The molecular formula is C18H16ClN3O2. The van der Waals surface area contributed by atoms with E-state index in [1.54, 1.807) is 6.08 Å². The summed E-state index contributed by atoms with van der Waals surface area (Å²) in [6.07, 6.45) is 3.48. The molecule has 24 heavy (non-hydrogen) atoms. The summed E-state index contributed by atoms with van der Waals surface area (Å²) in [6.45, 7) is 2.52. The van der Waals surface area contributed by atoms with E-state index in [2.05, 4.69) is 29.3 Å². The summed E-state index contributed by atoms with van der Waals surface area (Å²) in [7, 11) is 0. The number of hydrogen-bond donors (Lipinski definition) is 1. The first kappa shape index (κ1) is 16.1. The fourth-order valence-corrected chi connectivity index (χ4v) is 2.31. The first-order valence-electron chi connectivity index (χ1n) is 7.35. The molecule has 0 atom stereocenters. The first-order valence-corrected chi connectivity index (χ1v) is 7.73. The number of aromatic nitrogens is 2. The second kappa shape index (κ2) is 7.19. The summed E-state index contributed by atoms with van der Waals surface area (Å²) in [5.74, 6) is 0.972. The Morgan fingerprint density at radius 1 is 1.12 bits per heavy atom. The second-order valence-corrected chi connectivity index (χ2v) is 5.68. The van der Waals surface area contributed by atoms with E-state index in [-0.39, 0.29) is 6.01 Å². The van der Waals surface area contributed by atoms with Crippen LogP contribution in [-0.4, -0.2) is 10.2 Å². The molecule has 122 valence electrons. The van der Waals surface area contributed by atoms with Crippen LogP contribution in [0.2, 0.25) is 5.02 Å². The highest BCUT2D eigenvalue weighted by Gasteiger charge is 2.04. The summed E-state index contributed by atoms with van der Waals surface area (Å²) in [5.41, 5.74) is 8.57. The first-order chi connectivity index (χ1) is 11.6. The summed E-state index contributed by atoms with van der Waals surface area (Å²) < 4.78 is 10.8. The van der Waals surface area contributed by atoms with Gasteiger partial charge in [-0.3, -0.25) is 0 Å². The Bertz CT molecular complexity index is 857. The predicted octanol–water partition coefficient (Wildman–Crippen LogP) is 4.36. The number of nitrogens with zero attached hydrogens (tertiary/aromatic N) is 2. The number of anilines is 1. The van der Waals surface area contributed by atoms with Crippen molar-refractivity contribution in [2.24, 2.45) is 0 Å². The third kappa shape index (κ3) is 4.14. The highest BCUT2D eigenvalue weighted by Crippen LogP contribution is 2.27. The fourth-order valence-electron chi connectivity index (χ4n) is 2.06. The third-order valence-electron chi connectivity index (χ3n) is 3.35. The monoisotopic (exact) mass is 341 g/mol. The smallest absolute Gasteiger partial charge is 0.313 e. The van der Waals surface area contributed by atoms with Crippen molar-refractivity contribution in [3.63, 3.8) is 0 Å². The van der Waals surface area contributed by atoms with E-state index in [4.69, 9.17) is 26.5 Å². The highest BCUT2D eigenvalue weighted by atomic mass is 35.5. The van der Waals surface area contributed by atoms with Crippen LogP contribution in [0.4, 0.5) is 6.01 Å². The zero-order chi connectivity index (χ0) is 16.9. The second-order valence-electron chi connectivity index (χ2n) is 5.28. The Morgan fingerprint density at radius 2 is 1.92 bits per heavy atom. The van der Waals surface area contributed by atoms with Gasteiger partial charge in [-0.15, -0.1) is 5.10 Å². The lowest BCUT2D eigenvalue weighted by atomic mass is 10.1. The van der Waals surface area contributed by atoms with Gasteiger partial charge in [-0.25, -0.2) is 0 Å². The van der Waals surface area contributed by atoms with Crippen molar-refractivity contribution >= 4 is 29.8 Å². The van der Waals surface area contributed by atoms with Crippen molar-refractivity contribution in [1.29, 1.82) is 0 Å². The standard InChI is InChI=1S/C18H16ClN3O2/c1-12-2-4-14(5-3-12)11-23-16-8-6-13(10-15(16)19)7-9-17-21-22-18(20)24-17/h2-10H,11H2,1H3,(H2,20,22)/b9-7+. The van der Waals surface area contributed by atoms with Crippen molar-refractivity contribution in [3.05, 3.63) is 70.1 Å². The summed E-state index contributed by atoms with van der Waals surface area (Å²) >= 11 is 6.28. The molecule has 6 heteroatoms. The molecule has 0 bridgehead atoms. The van der Waals surface area contributed by atoms with Crippen LogP contribution in [0.1, 0.15) is 22.6 Å². The number of aryl methyl sites for hydroxylation is 1. The normalized spacial score (nSPS) is 11.1. The van der Waals surface area contributed by atoms with E-state index in [1.807, 2.05) is 36.4 Å².